The molecule has 0 atom stereocenters. The van der Waals surface area contributed by atoms with E-state index >= 15 is 0 Å². The zero-order valence-electron chi connectivity index (χ0n) is 12.9. The predicted molar refractivity (Wildman–Crippen MR) is 94.7 cm³/mol. The standard InChI is InChI=1S/C15H13ClN6OS/c1-9-12(8-17-22-14(23)10(2)18-19-15(22)24)13(16)21(20-9)11-6-4-3-5-7-11/h3-8H,1-2H3,(H,19,24)/b17-8-. The number of hydrogen-bond acceptors (Lipinski definition) is 5. The summed E-state index contributed by atoms with van der Waals surface area (Å²) in [6.07, 6.45) is 1.47. The average Bonchev–Trinajstić information content (AvgIpc) is 2.87. The monoisotopic (exact) mass is 360 g/mol. The van der Waals surface area contributed by atoms with Crippen molar-refractivity contribution in [1.29, 1.82) is 0 Å². The average molecular weight is 361 g/mol. The van der Waals surface area contributed by atoms with Crippen molar-refractivity contribution in [3.63, 3.8) is 0 Å². The van der Waals surface area contributed by atoms with Crippen LogP contribution in [0.5, 0.6) is 0 Å². The first-order chi connectivity index (χ1) is 11.5. The molecule has 0 aliphatic heterocycles. The van der Waals surface area contributed by atoms with E-state index in [4.69, 9.17) is 23.8 Å². The molecular weight excluding hydrogens is 348 g/mol. The number of nitrogens with one attached hydrogen (secondary N) is 1. The van der Waals surface area contributed by atoms with Crippen molar-refractivity contribution >= 4 is 30.0 Å². The van der Waals surface area contributed by atoms with Crippen molar-refractivity contribution in [2.45, 2.75) is 13.8 Å². The summed E-state index contributed by atoms with van der Waals surface area (Å²) < 4.78 is 2.78. The largest absolute Gasteiger partial charge is 0.296 e. The van der Waals surface area contributed by atoms with Crippen molar-refractivity contribution in [2.24, 2.45) is 5.10 Å². The van der Waals surface area contributed by atoms with Gasteiger partial charge in [-0.3, -0.25) is 9.89 Å². The van der Waals surface area contributed by atoms with Crippen LogP contribution in [0.4, 0.5) is 0 Å². The van der Waals surface area contributed by atoms with Gasteiger partial charge in [-0.05, 0) is 38.2 Å². The van der Waals surface area contributed by atoms with Crippen LogP contribution in [0, 0.1) is 18.6 Å². The Morgan fingerprint density at radius 2 is 1.96 bits per heavy atom. The Balaban J connectivity index is 2.07. The van der Waals surface area contributed by atoms with Crippen LogP contribution < -0.4 is 5.56 Å². The minimum Gasteiger partial charge on any atom is -0.265 e. The van der Waals surface area contributed by atoms with Gasteiger partial charge in [0.25, 0.3) is 5.56 Å². The minimum atomic E-state index is -0.390. The van der Waals surface area contributed by atoms with E-state index in [9.17, 15) is 4.79 Å². The summed E-state index contributed by atoms with van der Waals surface area (Å²) >= 11 is 11.5. The maximum atomic E-state index is 12.1. The molecule has 24 heavy (non-hydrogen) atoms. The third-order valence-corrected chi connectivity index (χ3v) is 3.99. The maximum Gasteiger partial charge on any atom is 0.296 e. The number of aromatic nitrogens is 5. The van der Waals surface area contributed by atoms with Crippen LogP contribution in [0.1, 0.15) is 17.0 Å². The summed E-state index contributed by atoms with van der Waals surface area (Å²) in [4.78, 5) is 12.1. The third kappa shape index (κ3) is 2.93. The lowest BCUT2D eigenvalue weighted by molar-refractivity contribution is 0.720. The molecule has 0 saturated heterocycles. The van der Waals surface area contributed by atoms with Crippen molar-refractivity contribution in [3.8, 4) is 5.69 Å². The van der Waals surface area contributed by atoms with E-state index in [0.29, 0.717) is 16.4 Å². The van der Waals surface area contributed by atoms with Crippen molar-refractivity contribution in [2.75, 3.05) is 0 Å². The Kier molecular flexibility index (Phi) is 4.41. The topological polar surface area (TPSA) is 80.9 Å². The third-order valence-electron chi connectivity index (χ3n) is 3.36. The predicted octanol–water partition coefficient (Wildman–Crippen LogP) is 2.64. The summed E-state index contributed by atoms with van der Waals surface area (Å²) in [6.45, 7) is 3.39. The molecule has 0 radical (unpaired) electrons. The molecule has 1 aromatic carbocycles. The first kappa shape index (κ1) is 16.3. The molecule has 0 aliphatic carbocycles. The summed E-state index contributed by atoms with van der Waals surface area (Å²) in [6, 6.07) is 9.50. The fraction of sp³-hybridized carbons (Fsp3) is 0.133. The first-order valence-electron chi connectivity index (χ1n) is 7.02. The molecule has 3 rings (SSSR count). The van der Waals surface area contributed by atoms with Crippen LogP contribution in [0.3, 0.4) is 0 Å². The Hall–Kier alpha value is -2.58. The van der Waals surface area contributed by atoms with Gasteiger partial charge in [0.1, 0.15) is 10.8 Å². The van der Waals surface area contributed by atoms with Gasteiger partial charge in [0.15, 0.2) is 0 Å². The van der Waals surface area contributed by atoms with E-state index in [1.807, 2.05) is 37.3 Å². The molecule has 0 aliphatic rings. The van der Waals surface area contributed by atoms with E-state index in [-0.39, 0.29) is 16.0 Å². The number of para-hydroxylation sites is 1. The second-order valence-electron chi connectivity index (χ2n) is 5.01. The van der Waals surface area contributed by atoms with Crippen molar-refractivity contribution in [3.05, 3.63) is 67.6 Å². The molecule has 7 nitrogen and oxygen atoms in total. The smallest absolute Gasteiger partial charge is 0.265 e. The second kappa shape index (κ2) is 6.50. The highest BCUT2D eigenvalue weighted by Gasteiger charge is 2.13. The quantitative estimate of drug-likeness (QED) is 0.575. The van der Waals surface area contributed by atoms with Crippen molar-refractivity contribution < 1.29 is 0 Å². The number of benzene rings is 1. The van der Waals surface area contributed by atoms with E-state index < -0.39 is 0 Å². The maximum absolute atomic E-state index is 12.1. The highest BCUT2D eigenvalue weighted by atomic mass is 35.5. The molecule has 0 unspecified atom stereocenters. The minimum absolute atomic E-state index is 0.103. The number of H-pyrrole nitrogens is 1. The lowest BCUT2D eigenvalue weighted by Gasteiger charge is -2.02. The van der Waals surface area contributed by atoms with Crippen LogP contribution >= 0.6 is 23.8 Å². The lowest BCUT2D eigenvalue weighted by atomic mass is 10.3. The van der Waals surface area contributed by atoms with Gasteiger partial charge in [-0.15, -0.1) is 0 Å². The Labute approximate surface area is 147 Å². The second-order valence-corrected chi connectivity index (χ2v) is 5.76. The highest BCUT2D eigenvalue weighted by Crippen LogP contribution is 2.21. The van der Waals surface area contributed by atoms with Gasteiger partial charge in [-0.2, -0.15) is 20.0 Å². The number of nitrogens with zero attached hydrogens (tertiary/aromatic N) is 5. The zero-order chi connectivity index (χ0) is 17.3. The molecular formula is C15H13ClN6OS. The molecule has 0 bridgehead atoms. The Morgan fingerprint density at radius 1 is 1.25 bits per heavy atom. The van der Waals surface area contributed by atoms with E-state index in [2.05, 4.69) is 20.4 Å². The van der Waals surface area contributed by atoms with E-state index in [0.717, 1.165) is 10.4 Å². The number of aryl methyl sites for hydroxylation is 2. The van der Waals surface area contributed by atoms with Gasteiger partial charge in [-0.1, -0.05) is 29.8 Å². The van der Waals surface area contributed by atoms with Gasteiger partial charge < -0.3 is 0 Å². The van der Waals surface area contributed by atoms with Gasteiger partial charge in [0.2, 0.25) is 4.77 Å². The summed E-state index contributed by atoms with van der Waals surface area (Å²) in [5, 5.41) is 15.3. The van der Waals surface area contributed by atoms with E-state index in [1.165, 1.54) is 6.21 Å². The number of rotatable bonds is 3. The molecule has 0 amide bonds. The first-order valence-corrected chi connectivity index (χ1v) is 7.81. The normalized spacial score (nSPS) is 11.3. The van der Waals surface area contributed by atoms with Crippen LogP contribution in [0.2, 0.25) is 5.15 Å². The van der Waals surface area contributed by atoms with Crippen LogP contribution in [0.15, 0.2) is 40.2 Å². The van der Waals surface area contributed by atoms with Crippen LogP contribution in [-0.2, 0) is 0 Å². The molecule has 9 heteroatoms. The lowest BCUT2D eigenvalue weighted by Crippen LogP contribution is -2.22. The molecule has 0 fully saturated rings. The summed E-state index contributed by atoms with van der Waals surface area (Å²) in [5.41, 5.74) is 2.00. The number of hydrogen-bond donors (Lipinski definition) is 1. The van der Waals surface area contributed by atoms with Gasteiger partial charge in [0.05, 0.1) is 23.2 Å². The molecule has 2 heterocycles. The molecule has 0 saturated carbocycles. The Morgan fingerprint density at radius 3 is 2.67 bits per heavy atom. The van der Waals surface area contributed by atoms with Crippen molar-refractivity contribution in [1.82, 2.24) is 24.7 Å². The number of aromatic amines is 1. The van der Waals surface area contributed by atoms with Gasteiger partial charge in [-0.25, -0.2) is 4.68 Å². The van der Waals surface area contributed by atoms with Crippen LogP contribution in [0.25, 0.3) is 5.69 Å². The molecule has 0 spiro atoms. The van der Waals surface area contributed by atoms with E-state index in [1.54, 1.807) is 11.6 Å². The highest BCUT2D eigenvalue weighted by molar-refractivity contribution is 7.71. The molecule has 3 aromatic rings. The van der Waals surface area contributed by atoms with Gasteiger partial charge >= 0.3 is 0 Å². The SMILES string of the molecule is Cc1nn(-c2ccccc2)c(Cl)c1/C=N\n1c(=S)[nH]nc(C)c1=O. The molecule has 122 valence electrons. The fourth-order valence-electron chi connectivity index (χ4n) is 2.09. The van der Waals surface area contributed by atoms with Gasteiger partial charge in [0, 0.05) is 0 Å². The Bertz CT molecular complexity index is 1030. The zero-order valence-corrected chi connectivity index (χ0v) is 14.5. The molecule has 1 N–H and O–H groups in total. The summed E-state index contributed by atoms with van der Waals surface area (Å²) in [5.74, 6) is 0. The molecule has 2 aromatic heterocycles. The number of halogens is 1. The fourth-order valence-corrected chi connectivity index (χ4v) is 2.59. The summed E-state index contributed by atoms with van der Waals surface area (Å²) in [7, 11) is 0. The van der Waals surface area contributed by atoms with Crippen LogP contribution in [-0.4, -0.2) is 30.9 Å².